The lowest BCUT2D eigenvalue weighted by molar-refractivity contribution is 0.577. The summed E-state index contributed by atoms with van der Waals surface area (Å²) in [5, 5.41) is 9.72. The Morgan fingerprint density at radius 1 is 1.04 bits per heavy atom. The number of aromatic nitrogens is 6. The van der Waals surface area contributed by atoms with Crippen molar-refractivity contribution in [2.45, 2.75) is 26.3 Å². The van der Waals surface area contributed by atoms with Crippen molar-refractivity contribution in [1.82, 2.24) is 29.4 Å². The topological polar surface area (TPSA) is 100 Å². The van der Waals surface area contributed by atoms with Crippen molar-refractivity contribution in [2.75, 3.05) is 5.73 Å². The van der Waals surface area contributed by atoms with E-state index in [1.807, 2.05) is 10.7 Å². The predicted octanol–water partition coefficient (Wildman–Crippen LogP) is 3.12. The third-order valence-corrected chi connectivity index (χ3v) is 4.88. The van der Waals surface area contributed by atoms with E-state index in [9.17, 15) is 0 Å². The van der Waals surface area contributed by atoms with Crippen molar-refractivity contribution in [3.63, 3.8) is 0 Å². The van der Waals surface area contributed by atoms with Crippen LogP contribution in [0.3, 0.4) is 0 Å². The fourth-order valence-corrected chi connectivity index (χ4v) is 3.31. The van der Waals surface area contributed by atoms with Crippen LogP contribution in [0.15, 0.2) is 53.3 Å². The second kappa shape index (κ2) is 6.49. The molecule has 0 aliphatic rings. The van der Waals surface area contributed by atoms with Crippen LogP contribution in [0.2, 0.25) is 0 Å². The molecule has 5 rings (SSSR count). The molecule has 4 aromatic heterocycles. The average Bonchev–Trinajstić information content (AvgIpc) is 3.45. The quantitative estimate of drug-likeness (QED) is 0.508. The Balaban J connectivity index is 1.50. The summed E-state index contributed by atoms with van der Waals surface area (Å²) in [6, 6.07) is 12.3. The Hall–Kier alpha value is -3.68. The number of hydrogen-bond acceptors (Lipinski definition) is 6. The molecule has 28 heavy (non-hydrogen) atoms. The van der Waals surface area contributed by atoms with Crippen molar-refractivity contribution in [3.8, 4) is 11.6 Å². The first kappa shape index (κ1) is 16.5. The van der Waals surface area contributed by atoms with Crippen LogP contribution in [0.25, 0.3) is 28.3 Å². The van der Waals surface area contributed by atoms with Gasteiger partial charge in [0.2, 0.25) is 11.8 Å². The van der Waals surface area contributed by atoms with E-state index in [-0.39, 0.29) is 5.95 Å². The van der Waals surface area contributed by atoms with Gasteiger partial charge >= 0.3 is 0 Å². The molecule has 0 aliphatic heterocycles. The molecule has 8 nitrogen and oxygen atoms in total. The van der Waals surface area contributed by atoms with E-state index in [1.54, 1.807) is 18.5 Å². The summed E-state index contributed by atoms with van der Waals surface area (Å²) in [6.07, 6.45) is 5.25. The van der Waals surface area contributed by atoms with Gasteiger partial charge in [-0.15, -0.1) is 5.10 Å². The third kappa shape index (κ3) is 2.70. The van der Waals surface area contributed by atoms with Crippen LogP contribution in [0, 0.1) is 0 Å². The number of aryl methyl sites for hydroxylation is 3. The van der Waals surface area contributed by atoms with Gasteiger partial charge < -0.3 is 10.2 Å². The molecule has 1 aromatic carbocycles. The number of hydrogen-bond donors (Lipinski definition) is 1. The summed E-state index contributed by atoms with van der Waals surface area (Å²) in [4.78, 5) is 9.09. The smallest absolute Gasteiger partial charge is 0.225 e. The third-order valence-electron chi connectivity index (χ3n) is 4.88. The van der Waals surface area contributed by atoms with Crippen LogP contribution in [-0.4, -0.2) is 29.4 Å². The number of anilines is 1. The number of furan rings is 1. The second-order valence-corrected chi connectivity index (χ2v) is 6.64. The minimum Gasteiger partial charge on any atom is -0.461 e. The van der Waals surface area contributed by atoms with Crippen LogP contribution in [0.5, 0.6) is 0 Å². The number of fused-ring (bicyclic) bond motifs is 3. The summed E-state index contributed by atoms with van der Waals surface area (Å²) in [5.74, 6) is 1.32. The lowest BCUT2D eigenvalue weighted by Gasteiger charge is -2.05. The molecule has 0 spiro atoms. The highest BCUT2D eigenvalue weighted by molar-refractivity contribution is 5.90. The predicted molar refractivity (Wildman–Crippen MR) is 106 cm³/mol. The Kier molecular flexibility index (Phi) is 3.82. The summed E-state index contributed by atoms with van der Waals surface area (Å²) >= 11 is 0. The number of nitrogens with zero attached hydrogens (tertiary/aromatic N) is 6. The van der Waals surface area contributed by atoms with Crippen LogP contribution in [-0.2, 0) is 19.4 Å². The van der Waals surface area contributed by atoms with Gasteiger partial charge in [0.25, 0.3) is 0 Å². The van der Waals surface area contributed by atoms with Crippen molar-refractivity contribution in [3.05, 3.63) is 60.0 Å². The molecule has 0 saturated carbocycles. The van der Waals surface area contributed by atoms with Crippen molar-refractivity contribution >= 4 is 22.6 Å². The number of nitrogens with two attached hydrogens (primary N) is 1. The molecular formula is C20H19N7O. The van der Waals surface area contributed by atoms with E-state index < -0.39 is 0 Å². The van der Waals surface area contributed by atoms with Crippen LogP contribution < -0.4 is 5.73 Å². The zero-order valence-electron chi connectivity index (χ0n) is 15.4. The molecule has 0 aliphatic carbocycles. The first-order valence-corrected chi connectivity index (χ1v) is 9.22. The maximum Gasteiger partial charge on any atom is 0.225 e. The van der Waals surface area contributed by atoms with Gasteiger partial charge in [0.05, 0.1) is 17.8 Å². The number of nitrogen functional groups attached to an aromatic ring is 1. The molecule has 0 amide bonds. The molecule has 4 heterocycles. The van der Waals surface area contributed by atoms with E-state index in [1.165, 1.54) is 15.6 Å². The highest BCUT2D eigenvalue weighted by Gasteiger charge is 2.17. The lowest BCUT2D eigenvalue weighted by atomic mass is 10.1. The van der Waals surface area contributed by atoms with E-state index >= 15 is 0 Å². The summed E-state index contributed by atoms with van der Waals surface area (Å²) in [6.45, 7) is 2.86. The zero-order chi connectivity index (χ0) is 19.1. The average molecular weight is 373 g/mol. The molecular weight excluding hydrogens is 354 g/mol. The summed E-state index contributed by atoms with van der Waals surface area (Å²) in [7, 11) is 0. The van der Waals surface area contributed by atoms with Gasteiger partial charge in [-0.2, -0.15) is 14.6 Å². The standard InChI is InChI=1S/C20H19N7O/c1-2-13-5-7-14(8-6-13)9-10-26-18-15(12-22-26)19-23-17(16-4-3-11-28-16)25-27(19)20(21)24-18/h3-8,11-12H,2,9-10H2,1H3,(H2,21,24). The normalized spacial score (nSPS) is 11.6. The Morgan fingerprint density at radius 2 is 1.86 bits per heavy atom. The first-order valence-electron chi connectivity index (χ1n) is 9.22. The van der Waals surface area contributed by atoms with E-state index in [0.717, 1.165) is 18.2 Å². The molecule has 5 aromatic rings. The molecule has 0 atom stereocenters. The van der Waals surface area contributed by atoms with Gasteiger partial charge in [-0.25, -0.2) is 9.67 Å². The van der Waals surface area contributed by atoms with Gasteiger partial charge in [0.15, 0.2) is 17.1 Å². The molecule has 2 N–H and O–H groups in total. The molecule has 8 heteroatoms. The van der Waals surface area contributed by atoms with E-state index in [4.69, 9.17) is 10.2 Å². The van der Waals surface area contributed by atoms with Gasteiger partial charge in [-0.05, 0) is 36.1 Å². The van der Waals surface area contributed by atoms with Crippen LogP contribution in [0.4, 0.5) is 5.95 Å². The van der Waals surface area contributed by atoms with Gasteiger partial charge in [0, 0.05) is 6.54 Å². The van der Waals surface area contributed by atoms with Crippen molar-refractivity contribution in [2.24, 2.45) is 0 Å². The van der Waals surface area contributed by atoms with E-state index in [0.29, 0.717) is 29.4 Å². The van der Waals surface area contributed by atoms with E-state index in [2.05, 4.69) is 51.4 Å². The minimum atomic E-state index is 0.266. The fourth-order valence-electron chi connectivity index (χ4n) is 3.31. The monoisotopic (exact) mass is 373 g/mol. The first-order chi connectivity index (χ1) is 13.7. The lowest BCUT2D eigenvalue weighted by Crippen LogP contribution is -2.07. The number of benzene rings is 1. The molecule has 0 saturated heterocycles. The van der Waals surface area contributed by atoms with Crippen molar-refractivity contribution < 1.29 is 4.42 Å². The van der Waals surface area contributed by atoms with Crippen LogP contribution in [0.1, 0.15) is 18.1 Å². The van der Waals surface area contributed by atoms with Gasteiger partial charge in [0.1, 0.15) is 0 Å². The largest absolute Gasteiger partial charge is 0.461 e. The Bertz CT molecular complexity index is 1250. The van der Waals surface area contributed by atoms with Crippen molar-refractivity contribution in [1.29, 1.82) is 0 Å². The highest BCUT2D eigenvalue weighted by Crippen LogP contribution is 2.23. The summed E-state index contributed by atoms with van der Waals surface area (Å²) < 4.78 is 8.78. The number of rotatable bonds is 5. The van der Waals surface area contributed by atoms with Gasteiger partial charge in [-0.1, -0.05) is 31.2 Å². The van der Waals surface area contributed by atoms with Crippen LogP contribution >= 0.6 is 0 Å². The molecule has 0 fully saturated rings. The molecule has 0 unspecified atom stereocenters. The van der Waals surface area contributed by atoms with Gasteiger partial charge in [-0.3, -0.25) is 0 Å². The molecule has 0 radical (unpaired) electrons. The Labute approximate surface area is 160 Å². The molecule has 0 bridgehead atoms. The molecule has 140 valence electrons. The fraction of sp³-hybridized carbons (Fsp3) is 0.200. The summed E-state index contributed by atoms with van der Waals surface area (Å²) in [5.41, 5.74) is 10.1. The Morgan fingerprint density at radius 3 is 2.61 bits per heavy atom. The zero-order valence-corrected chi connectivity index (χ0v) is 15.4. The second-order valence-electron chi connectivity index (χ2n) is 6.64. The SMILES string of the molecule is CCc1ccc(CCn2ncc3c2nc(N)n2nc(-c4ccco4)nc32)cc1. The maximum atomic E-state index is 6.13. The minimum absolute atomic E-state index is 0.266. The maximum absolute atomic E-state index is 6.13. The highest BCUT2D eigenvalue weighted by atomic mass is 16.3.